The number of aliphatic hydroxyl groups excluding tert-OH is 1. The van der Waals surface area contributed by atoms with Crippen LogP contribution in [0.5, 0.6) is 0 Å². The maximum atomic E-state index is 9.65. The molecular formula is C5H8O4. The first-order chi connectivity index (χ1) is 4.16. The second-order valence-corrected chi connectivity index (χ2v) is 1.38. The normalized spacial score (nSPS) is 12.1. The molecule has 0 radical (unpaired) electrons. The number of carboxylic acid groups (broad SMARTS) is 1. The Labute approximate surface area is 52.4 Å². The molecule has 1 atom stereocenters. The van der Waals surface area contributed by atoms with E-state index in [1.54, 1.807) is 0 Å². The summed E-state index contributed by atoms with van der Waals surface area (Å²) < 4.78 is 3.99. The molecule has 2 N–H and O–H groups in total. The lowest BCUT2D eigenvalue weighted by atomic mass is 10.4. The SMILES string of the molecule is C=CC(O)COC(=O)O. The Kier molecular flexibility index (Phi) is 3.46. The number of hydrogen-bond donors (Lipinski definition) is 2. The van der Waals surface area contributed by atoms with Crippen LogP contribution in [0.15, 0.2) is 12.7 Å². The topological polar surface area (TPSA) is 66.8 Å². The third-order valence-electron chi connectivity index (χ3n) is 0.650. The maximum Gasteiger partial charge on any atom is 0.505 e. The number of rotatable bonds is 3. The van der Waals surface area contributed by atoms with Gasteiger partial charge in [-0.3, -0.25) is 0 Å². The molecule has 4 nitrogen and oxygen atoms in total. The minimum atomic E-state index is -1.39. The molecule has 0 aliphatic rings. The van der Waals surface area contributed by atoms with Crippen LogP contribution in [0.4, 0.5) is 4.79 Å². The largest absolute Gasteiger partial charge is 0.505 e. The fraction of sp³-hybridized carbons (Fsp3) is 0.400. The molecule has 0 aromatic heterocycles. The van der Waals surface area contributed by atoms with Gasteiger partial charge in [0.25, 0.3) is 0 Å². The summed E-state index contributed by atoms with van der Waals surface area (Å²) in [6, 6.07) is 0. The van der Waals surface area contributed by atoms with E-state index in [0.717, 1.165) is 0 Å². The van der Waals surface area contributed by atoms with Gasteiger partial charge in [0.2, 0.25) is 0 Å². The molecular weight excluding hydrogens is 124 g/mol. The van der Waals surface area contributed by atoms with Crippen molar-refractivity contribution in [1.29, 1.82) is 0 Å². The van der Waals surface area contributed by atoms with Crippen molar-refractivity contribution in [1.82, 2.24) is 0 Å². The molecule has 0 fully saturated rings. The van der Waals surface area contributed by atoms with E-state index in [2.05, 4.69) is 11.3 Å². The van der Waals surface area contributed by atoms with Crippen LogP contribution >= 0.6 is 0 Å². The molecule has 0 bridgehead atoms. The summed E-state index contributed by atoms with van der Waals surface area (Å²) in [6.45, 7) is 2.96. The first kappa shape index (κ1) is 7.97. The van der Waals surface area contributed by atoms with Gasteiger partial charge < -0.3 is 14.9 Å². The van der Waals surface area contributed by atoms with E-state index in [1.807, 2.05) is 0 Å². The van der Waals surface area contributed by atoms with Crippen LogP contribution in [0.25, 0.3) is 0 Å². The molecule has 0 aromatic rings. The molecule has 0 rings (SSSR count). The lowest BCUT2D eigenvalue weighted by Crippen LogP contribution is -2.14. The van der Waals surface area contributed by atoms with E-state index in [0.29, 0.717) is 0 Å². The number of hydrogen-bond acceptors (Lipinski definition) is 3. The van der Waals surface area contributed by atoms with Crippen molar-refractivity contribution < 1.29 is 19.7 Å². The van der Waals surface area contributed by atoms with Crippen molar-refractivity contribution in [3.05, 3.63) is 12.7 Å². The van der Waals surface area contributed by atoms with Crippen molar-refractivity contribution in [3.63, 3.8) is 0 Å². The van der Waals surface area contributed by atoms with Crippen LogP contribution < -0.4 is 0 Å². The number of ether oxygens (including phenoxy) is 1. The molecule has 0 heterocycles. The van der Waals surface area contributed by atoms with Crippen molar-refractivity contribution in [2.75, 3.05) is 6.61 Å². The molecule has 9 heavy (non-hydrogen) atoms. The Balaban J connectivity index is 3.26. The molecule has 0 aromatic carbocycles. The zero-order valence-corrected chi connectivity index (χ0v) is 4.78. The standard InChI is InChI=1S/C5H8O4/c1-2-4(6)3-9-5(7)8/h2,4,6H,1,3H2,(H,7,8). The number of aliphatic hydroxyl groups is 1. The predicted octanol–water partition coefficient (Wildman–Crippen LogP) is 0.228. The van der Waals surface area contributed by atoms with Crippen molar-refractivity contribution in [3.8, 4) is 0 Å². The fourth-order valence-electron chi connectivity index (χ4n) is 0.225. The van der Waals surface area contributed by atoms with Gasteiger partial charge in [0.15, 0.2) is 0 Å². The summed E-state index contributed by atoms with van der Waals surface area (Å²) in [5.41, 5.74) is 0. The first-order valence-electron chi connectivity index (χ1n) is 2.33. The minimum Gasteiger partial charge on any atom is -0.450 e. The Morgan fingerprint density at radius 2 is 2.44 bits per heavy atom. The van der Waals surface area contributed by atoms with Gasteiger partial charge in [0.05, 0.1) is 0 Å². The molecule has 0 aliphatic heterocycles. The summed E-state index contributed by atoms with van der Waals surface area (Å²) in [6.07, 6.45) is -1.10. The Morgan fingerprint density at radius 3 is 2.78 bits per heavy atom. The van der Waals surface area contributed by atoms with Gasteiger partial charge in [-0.05, 0) is 0 Å². The fourth-order valence-corrected chi connectivity index (χ4v) is 0.225. The highest BCUT2D eigenvalue weighted by Gasteiger charge is 2.00. The molecule has 0 spiro atoms. The van der Waals surface area contributed by atoms with Crippen molar-refractivity contribution in [2.24, 2.45) is 0 Å². The third kappa shape index (κ3) is 4.83. The minimum absolute atomic E-state index is 0.251. The Bertz CT molecular complexity index is 110. The zero-order chi connectivity index (χ0) is 7.28. The summed E-state index contributed by atoms with van der Waals surface area (Å²) in [5.74, 6) is 0. The van der Waals surface area contributed by atoms with E-state index in [4.69, 9.17) is 10.2 Å². The maximum absolute atomic E-state index is 9.65. The van der Waals surface area contributed by atoms with Crippen molar-refractivity contribution >= 4 is 6.16 Å². The summed E-state index contributed by atoms with van der Waals surface area (Å²) in [4.78, 5) is 9.65. The predicted molar refractivity (Wildman–Crippen MR) is 30.2 cm³/mol. The summed E-state index contributed by atoms with van der Waals surface area (Å²) in [7, 11) is 0. The first-order valence-corrected chi connectivity index (χ1v) is 2.33. The van der Waals surface area contributed by atoms with Crippen LogP contribution in [0, 0.1) is 0 Å². The van der Waals surface area contributed by atoms with Gasteiger partial charge >= 0.3 is 6.16 Å². The second-order valence-electron chi connectivity index (χ2n) is 1.38. The number of carbonyl (C=O) groups is 1. The van der Waals surface area contributed by atoms with Gasteiger partial charge in [-0.15, -0.1) is 6.58 Å². The van der Waals surface area contributed by atoms with Gasteiger partial charge in [-0.25, -0.2) is 4.79 Å². The quantitative estimate of drug-likeness (QED) is 0.426. The second kappa shape index (κ2) is 3.91. The molecule has 0 amide bonds. The van der Waals surface area contributed by atoms with Gasteiger partial charge in [0, 0.05) is 0 Å². The van der Waals surface area contributed by atoms with E-state index in [-0.39, 0.29) is 6.61 Å². The van der Waals surface area contributed by atoms with Crippen LogP contribution in [0.3, 0.4) is 0 Å². The molecule has 0 saturated heterocycles. The van der Waals surface area contributed by atoms with Gasteiger partial charge in [0.1, 0.15) is 12.7 Å². The highest BCUT2D eigenvalue weighted by atomic mass is 16.7. The zero-order valence-electron chi connectivity index (χ0n) is 4.78. The summed E-state index contributed by atoms with van der Waals surface area (Å²) in [5, 5.41) is 16.5. The molecule has 0 aliphatic carbocycles. The average molecular weight is 132 g/mol. The molecule has 52 valence electrons. The monoisotopic (exact) mass is 132 g/mol. The Hall–Kier alpha value is -1.03. The average Bonchev–Trinajstić information content (AvgIpc) is 1.83. The molecule has 0 saturated carbocycles. The Morgan fingerprint density at radius 1 is 1.89 bits per heavy atom. The van der Waals surface area contributed by atoms with Crippen molar-refractivity contribution in [2.45, 2.75) is 6.10 Å². The van der Waals surface area contributed by atoms with Gasteiger partial charge in [-0.1, -0.05) is 6.08 Å². The van der Waals surface area contributed by atoms with E-state index < -0.39 is 12.3 Å². The van der Waals surface area contributed by atoms with E-state index in [9.17, 15) is 4.79 Å². The highest BCUT2D eigenvalue weighted by molar-refractivity contribution is 5.56. The van der Waals surface area contributed by atoms with Crippen LogP contribution in [0.2, 0.25) is 0 Å². The molecule has 4 heteroatoms. The van der Waals surface area contributed by atoms with Gasteiger partial charge in [-0.2, -0.15) is 0 Å². The van der Waals surface area contributed by atoms with Crippen LogP contribution in [-0.4, -0.2) is 29.1 Å². The highest BCUT2D eigenvalue weighted by Crippen LogP contribution is 1.85. The lowest BCUT2D eigenvalue weighted by molar-refractivity contribution is 0.0557. The molecule has 1 unspecified atom stereocenters. The van der Waals surface area contributed by atoms with E-state index >= 15 is 0 Å². The van der Waals surface area contributed by atoms with Crippen LogP contribution in [0.1, 0.15) is 0 Å². The summed E-state index contributed by atoms with van der Waals surface area (Å²) >= 11 is 0. The lowest BCUT2D eigenvalue weighted by Gasteiger charge is -2.01. The van der Waals surface area contributed by atoms with Crippen LogP contribution in [-0.2, 0) is 4.74 Å². The smallest absolute Gasteiger partial charge is 0.450 e. The third-order valence-corrected chi connectivity index (χ3v) is 0.650. The van der Waals surface area contributed by atoms with E-state index in [1.165, 1.54) is 6.08 Å².